The Kier molecular flexibility index (Phi) is 4.75. The minimum atomic E-state index is -0.536. The fraction of sp³-hybridized carbons (Fsp3) is 0.429. The van der Waals surface area contributed by atoms with Gasteiger partial charge in [-0.1, -0.05) is 36.5 Å². The minimum absolute atomic E-state index is 0.206. The zero-order chi connectivity index (χ0) is 19.8. The van der Waals surface area contributed by atoms with E-state index in [0.29, 0.717) is 12.4 Å². The number of amides is 3. The molecule has 1 fully saturated rings. The molecule has 0 aromatic heterocycles. The summed E-state index contributed by atoms with van der Waals surface area (Å²) in [6.45, 7) is 7.52. The Bertz CT molecular complexity index is 887. The summed E-state index contributed by atoms with van der Waals surface area (Å²) in [4.78, 5) is 35.0. The smallest absolute Gasteiger partial charge is 0.270 e. The molecule has 0 N–H and O–H groups in total. The first-order valence-electron chi connectivity index (χ1n) is 9.85. The van der Waals surface area contributed by atoms with Crippen molar-refractivity contribution in [2.75, 3.05) is 31.6 Å². The number of rotatable bonds is 6. The number of guanidine groups is 1. The minimum Gasteiger partial charge on any atom is -0.270 e. The molecule has 1 aromatic rings. The van der Waals surface area contributed by atoms with Crippen LogP contribution in [0.1, 0.15) is 25.3 Å². The maximum Gasteiger partial charge on any atom is 0.397 e. The summed E-state index contributed by atoms with van der Waals surface area (Å²) in [5, 5.41) is 0. The van der Waals surface area contributed by atoms with Crippen molar-refractivity contribution in [1.82, 2.24) is 9.80 Å². The summed E-state index contributed by atoms with van der Waals surface area (Å²) < 4.78 is 2.00. The number of fused-ring (bicyclic) bond motifs is 2. The molecule has 28 heavy (non-hydrogen) atoms. The van der Waals surface area contributed by atoms with Crippen molar-refractivity contribution in [3.05, 3.63) is 42.5 Å². The molecule has 1 aromatic carbocycles. The maximum absolute atomic E-state index is 13.0. The van der Waals surface area contributed by atoms with Crippen LogP contribution < -0.4 is 4.90 Å². The van der Waals surface area contributed by atoms with Crippen molar-refractivity contribution in [3.8, 4) is 0 Å². The van der Waals surface area contributed by atoms with E-state index in [-0.39, 0.29) is 18.5 Å². The molecule has 3 heterocycles. The third kappa shape index (κ3) is 2.82. The maximum atomic E-state index is 13.0. The number of anilines is 1. The predicted molar refractivity (Wildman–Crippen MR) is 109 cm³/mol. The number of carbonyl (C=O) groups is 2. The van der Waals surface area contributed by atoms with Gasteiger partial charge in [-0.3, -0.25) is 14.6 Å². The highest BCUT2D eigenvalue weighted by atomic mass is 16.2. The first-order chi connectivity index (χ1) is 13.6. The molecule has 7 heteroatoms. The molecular weight excluding hydrogens is 354 g/mol. The van der Waals surface area contributed by atoms with Crippen LogP contribution in [-0.4, -0.2) is 70.8 Å². The normalized spacial score (nSPS) is 21.3. The van der Waals surface area contributed by atoms with Crippen molar-refractivity contribution < 1.29 is 14.2 Å². The lowest BCUT2D eigenvalue weighted by Gasteiger charge is -2.33. The van der Waals surface area contributed by atoms with Crippen LogP contribution in [0, 0.1) is 0 Å². The van der Waals surface area contributed by atoms with E-state index < -0.39 is 6.04 Å². The van der Waals surface area contributed by atoms with Crippen LogP contribution in [0.15, 0.2) is 41.9 Å². The standard InChI is InChI=1S/C21H26N5O2/c1-4-6-7-15-8-10-16(11-9-15)24-13-14-25-17-18(22-20(24)25)23(3)21(28)26(12-5-2)19(17)27/h5,8-11,17H,2,4,6-7,12-14H2,1,3H3/q+1. The van der Waals surface area contributed by atoms with Crippen LogP contribution in [0.2, 0.25) is 0 Å². The van der Waals surface area contributed by atoms with Gasteiger partial charge in [0.1, 0.15) is 12.2 Å². The summed E-state index contributed by atoms with van der Waals surface area (Å²) in [6, 6.07) is 7.67. The fourth-order valence-electron chi connectivity index (χ4n) is 4.02. The van der Waals surface area contributed by atoms with E-state index in [1.54, 1.807) is 13.1 Å². The third-order valence-electron chi connectivity index (χ3n) is 5.57. The average molecular weight is 380 g/mol. The van der Waals surface area contributed by atoms with E-state index in [4.69, 9.17) is 4.99 Å². The van der Waals surface area contributed by atoms with Crippen LogP contribution >= 0.6 is 0 Å². The SMILES string of the molecule is C=CCN1C(=O)C2C(=NC3=[N+]2CCN3c2ccc(CCCC)cc2)N(C)C1=O. The predicted octanol–water partition coefficient (Wildman–Crippen LogP) is 2.08. The van der Waals surface area contributed by atoms with Crippen molar-refractivity contribution in [3.63, 3.8) is 0 Å². The second kappa shape index (κ2) is 7.22. The molecule has 4 rings (SSSR count). The number of benzene rings is 1. The summed E-state index contributed by atoms with van der Waals surface area (Å²) in [7, 11) is 1.67. The molecule has 0 bridgehead atoms. The number of amidine groups is 1. The second-order valence-electron chi connectivity index (χ2n) is 7.37. The van der Waals surface area contributed by atoms with Crippen molar-refractivity contribution in [1.29, 1.82) is 0 Å². The summed E-state index contributed by atoms with van der Waals surface area (Å²) >= 11 is 0. The number of imide groups is 1. The number of hydrogen-bond acceptors (Lipinski definition) is 4. The molecule has 0 spiro atoms. The summed E-state index contributed by atoms with van der Waals surface area (Å²) in [5.74, 6) is 1.03. The molecule has 3 aliphatic rings. The topological polar surface area (TPSA) is 59.2 Å². The van der Waals surface area contributed by atoms with Gasteiger partial charge in [-0.05, 0) is 30.5 Å². The van der Waals surface area contributed by atoms with Crippen molar-refractivity contribution in [2.45, 2.75) is 32.2 Å². The molecule has 0 aliphatic carbocycles. The van der Waals surface area contributed by atoms with Gasteiger partial charge in [0, 0.05) is 13.6 Å². The fourth-order valence-corrected chi connectivity index (χ4v) is 4.02. The van der Waals surface area contributed by atoms with Crippen molar-refractivity contribution in [2.24, 2.45) is 4.99 Å². The van der Waals surface area contributed by atoms with Crippen molar-refractivity contribution >= 4 is 29.4 Å². The molecule has 1 unspecified atom stereocenters. The number of aryl methyl sites for hydroxylation is 1. The largest absolute Gasteiger partial charge is 0.397 e. The van der Waals surface area contributed by atoms with Gasteiger partial charge in [-0.2, -0.15) is 0 Å². The molecule has 7 nitrogen and oxygen atoms in total. The molecule has 1 atom stereocenters. The Morgan fingerprint density at radius 3 is 2.71 bits per heavy atom. The Morgan fingerprint density at radius 1 is 1.29 bits per heavy atom. The number of urea groups is 1. The highest BCUT2D eigenvalue weighted by Gasteiger charge is 2.55. The van der Waals surface area contributed by atoms with E-state index in [0.717, 1.165) is 24.6 Å². The monoisotopic (exact) mass is 380 g/mol. The Morgan fingerprint density at radius 2 is 2.04 bits per heavy atom. The molecule has 0 saturated carbocycles. The van der Waals surface area contributed by atoms with Gasteiger partial charge < -0.3 is 0 Å². The van der Waals surface area contributed by atoms with Crippen LogP contribution in [0.25, 0.3) is 0 Å². The lowest BCUT2D eigenvalue weighted by Crippen LogP contribution is -2.62. The first kappa shape index (κ1) is 18.4. The van der Waals surface area contributed by atoms with Gasteiger partial charge in [-0.15, -0.1) is 6.58 Å². The molecule has 0 radical (unpaired) electrons. The van der Waals surface area contributed by atoms with Gasteiger partial charge >= 0.3 is 12.0 Å². The highest BCUT2D eigenvalue weighted by Crippen LogP contribution is 2.27. The number of aliphatic imine (C=N–C) groups is 1. The molecular formula is C21H26N5O2+. The Labute approximate surface area is 165 Å². The lowest BCUT2D eigenvalue weighted by molar-refractivity contribution is -0.525. The molecule has 3 amide bonds. The van der Waals surface area contributed by atoms with Crippen LogP contribution in [0.5, 0.6) is 0 Å². The number of nitrogens with zero attached hydrogens (tertiary/aromatic N) is 5. The second-order valence-corrected chi connectivity index (χ2v) is 7.37. The van der Waals surface area contributed by atoms with Gasteiger partial charge in [0.05, 0.1) is 6.54 Å². The van der Waals surface area contributed by atoms with E-state index in [9.17, 15) is 9.59 Å². The van der Waals surface area contributed by atoms with E-state index in [2.05, 4.69) is 42.7 Å². The Balaban J connectivity index is 1.62. The molecule has 3 aliphatic heterocycles. The van der Waals surface area contributed by atoms with Crippen LogP contribution in [-0.2, 0) is 11.2 Å². The third-order valence-corrected chi connectivity index (χ3v) is 5.57. The first-order valence-corrected chi connectivity index (χ1v) is 9.85. The molecule has 146 valence electrons. The number of likely N-dealkylation sites (N-methyl/N-ethyl adjacent to an activating group) is 1. The number of hydrogen-bond donors (Lipinski definition) is 0. The quantitative estimate of drug-likeness (QED) is 0.561. The summed E-state index contributed by atoms with van der Waals surface area (Å²) in [5.41, 5.74) is 2.39. The Hall–Kier alpha value is -2.96. The highest BCUT2D eigenvalue weighted by molar-refractivity contribution is 6.24. The van der Waals surface area contributed by atoms with Crippen LogP contribution in [0.3, 0.4) is 0 Å². The number of carbonyl (C=O) groups excluding carboxylic acids is 2. The van der Waals surface area contributed by atoms with E-state index in [1.165, 1.54) is 28.2 Å². The lowest BCUT2D eigenvalue weighted by atomic mass is 10.1. The van der Waals surface area contributed by atoms with Gasteiger partial charge in [0.25, 0.3) is 5.91 Å². The van der Waals surface area contributed by atoms with Gasteiger partial charge in [-0.25, -0.2) is 14.3 Å². The van der Waals surface area contributed by atoms with Gasteiger partial charge in [0.15, 0.2) is 0 Å². The average Bonchev–Trinajstić information content (AvgIpc) is 3.28. The van der Waals surface area contributed by atoms with E-state index >= 15 is 0 Å². The number of unbranched alkanes of at least 4 members (excludes halogenated alkanes) is 1. The van der Waals surface area contributed by atoms with Crippen LogP contribution in [0.4, 0.5) is 10.5 Å². The summed E-state index contributed by atoms with van der Waals surface area (Å²) in [6.07, 6.45) is 5.03. The molecule has 1 saturated heterocycles. The van der Waals surface area contributed by atoms with Gasteiger partial charge in [0.2, 0.25) is 11.9 Å². The zero-order valence-electron chi connectivity index (χ0n) is 16.5. The van der Waals surface area contributed by atoms with E-state index in [1.807, 2.05) is 4.58 Å². The zero-order valence-corrected chi connectivity index (χ0v) is 16.5.